The minimum absolute atomic E-state index is 0. The molecule has 0 amide bonds. The van der Waals surface area contributed by atoms with E-state index in [1.54, 1.807) is 0 Å². The van der Waals surface area contributed by atoms with Crippen molar-refractivity contribution >= 4 is 0 Å². The maximum atomic E-state index is 0. The van der Waals surface area contributed by atoms with Crippen molar-refractivity contribution in [1.29, 1.82) is 0 Å². The van der Waals surface area contributed by atoms with Crippen molar-refractivity contribution in [3.63, 3.8) is 0 Å². The van der Waals surface area contributed by atoms with Crippen LogP contribution in [0.2, 0.25) is 0 Å². The van der Waals surface area contributed by atoms with Crippen LogP contribution in [0.5, 0.6) is 0 Å². The Morgan fingerprint density at radius 1 is 0.750 bits per heavy atom. The van der Waals surface area contributed by atoms with Crippen molar-refractivity contribution in [2.45, 2.75) is 0 Å². The van der Waals surface area contributed by atoms with E-state index in [1.165, 1.54) is 0 Å². The molecular formula is HO3V-5. The third-order valence-electron chi connectivity index (χ3n) is 0. The molecular weight excluding hydrogens is 98.9 g/mol. The summed E-state index contributed by atoms with van der Waals surface area (Å²) in [7, 11) is 0. The van der Waals surface area contributed by atoms with E-state index in [4.69, 9.17) is 0 Å². The quantitative estimate of drug-likeness (QED) is 0.406. The van der Waals surface area contributed by atoms with Crippen molar-refractivity contribution in [3.8, 4) is 0 Å². The van der Waals surface area contributed by atoms with E-state index in [9.17, 15) is 0 Å². The average Bonchev–Trinajstić information content (AvgIpc) is 0. The Morgan fingerprint density at radius 2 is 0.750 bits per heavy atom. The molecule has 0 fully saturated rings. The first-order chi connectivity index (χ1) is 0. The first kappa shape index (κ1) is 248. The molecule has 0 rings (SSSR count). The maximum absolute atomic E-state index is 0. The van der Waals surface area contributed by atoms with Gasteiger partial charge in [-0.05, 0) is 0 Å². The zero-order valence-corrected chi connectivity index (χ0v) is 3.11. The molecule has 0 spiro atoms. The summed E-state index contributed by atoms with van der Waals surface area (Å²) in [6, 6.07) is 0. The van der Waals surface area contributed by atoms with E-state index in [0.29, 0.717) is 0 Å². The zero-order chi connectivity index (χ0) is 0. The minimum Gasteiger partial charge on any atom is -2.00 e. The van der Waals surface area contributed by atoms with E-state index in [-0.39, 0.29) is 35.0 Å². The molecule has 1 N–H and O–H groups in total. The van der Waals surface area contributed by atoms with E-state index >= 15 is 0 Å². The Balaban J connectivity index is 0. The van der Waals surface area contributed by atoms with Crippen LogP contribution in [-0.2, 0) is 29.5 Å². The van der Waals surface area contributed by atoms with Crippen LogP contribution in [0.25, 0.3) is 0 Å². The molecule has 0 heterocycles. The molecule has 0 aromatic rings. The Bertz CT molecular complexity index is 3.25. The number of hydrogen-bond donors (Lipinski definition) is 0. The Labute approximate surface area is 35.8 Å². The van der Waals surface area contributed by atoms with Crippen LogP contribution in [0.15, 0.2) is 0 Å². The summed E-state index contributed by atoms with van der Waals surface area (Å²) in [4.78, 5) is 0. The molecule has 0 unspecified atom stereocenters. The maximum Gasteiger partial charge on any atom is 0 e. The van der Waals surface area contributed by atoms with E-state index in [2.05, 4.69) is 0 Å². The molecule has 29 valence electrons. The second-order valence-corrected chi connectivity index (χ2v) is 0. The van der Waals surface area contributed by atoms with Crippen molar-refractivity contribution in [1.82, 2.24) is 0 Å². The van der Waals surface area contributed by atoms with Crippen LogP contribution >= 0.6 is 0 Å². The van der Waals surface area contributed by atoms with Gasteiger partial charge in [-0.1, -0.05) is 0 Å². The molecule has 3 nitrogen and oxygen atoms in total. The third-order valence-corrected chi connectivity index (χ3v) is 0. The minimum atomic E-state index is 0. The summed E-state index contributed by atoms with van der Waals surface area (Å²) in [5.41, 5.74) is 0. The van der Waals surface area contributed by atoms with Gasteiger partial charge in [0.1, 0.15) is 0 Å². The molecule has 0 atom stereocenters. The second-order valence-electron chi connectivity index (χ2n) is 0. The molecule has 4 heteroatoms. The van der Waals surface area contributed by atoms with Crippen LogP contribution in [0.3, 0.4) is 0 Å². The average molecular weight is 99.9 g/mol. The van der Waals surface area contributed by atoms with Crippen LogP contribution in [-0.4, -0.2) is 5.48 Å². The van der Waals surface area contributed by atoms with Crippen molar-refractivity contribution < 1.29 is 35.0 Å². The van der Waals surface area contributed by atoms with Crippen LogP contribution in [0, 0.1) is 0 Å². The molecule has 0 aliphatic heterocycles. The predicted octanol–water partition coefficient (Wildman–Crippen LogP) is -0.417. The monoisotopic (exact) mass is 99.9 g/mol. The fraction of sp³-hybridized carbons (Fsp3) is 0. The molecule has 0 aliphatic rings. The van der Waals surface area contributed by atoms with E-state index < -0.39 is 0 Å². The molecule has 0 aromatic heterocycles. The summed E-state index contributed by atoms with van der Waals surface area (Å²) in [6.07, 6.45) is 0. The number of hydrogen-bond acceptors (Lipinski definition) is 1. The molecule has 0 aliphatic carbocycles. The molecule has 0 aromatic carbocycles. The standard InChI is InChI=1S/H2O.2O.V/h1H2;;;/q;2*-2;/p-1. The van der Waals surface area contributed by atoms with Gasteiger partial charge in [0.15, 0.2) is 0 Å². The van der Waals surface area contributed by atoms with Crippen LogP contribution < -0.4 is 0 Å². The first-order valence-corrected chi connectivity index (χ1v) is 0. The summed E-state index contributed by atoms with van der Waals surface area (Å²) in [6.45, 7) is 0. The molecule has 0 saturated carbocycles. The summed E-state index contributed by atoms with van der Waals surface area (Å²) < 4.78 is 0. The first-order valence-electron chi connectivity index (χ1n) is 0. The summed E-state index contributed by atoms with van der Waals surface area (Å²) in [5, 5.41) is 0. The second kappa shape index (κ2) is 97.6. The Morgan fingerprint density at radius 3 is 0.750 bits per heavy atom. The molecule has 0 bridgehead atoms. The van der Waals surface area contributed by atoms with Gasteiger partial charge in [0.25, 0.3) is 0 Å². The Hall–Kier alpha value is 0.464. The molecule has 0 saturated heterocycles. The summed E-state index contributed by atoms with van der Waals surface area (Å²) >= 11 is 0. The van der Waals surface area contributed by atoms with Crippen LogP contribution in [0.1, 0.15) is 0 Å². The van der Waals surface area contributed by atoms with Crippen LogP contribution in [0.4, 0.5) is 0 Å². The van der Waals surface area contributed by atoms with Gasteiger partial charge in [-0.2, -0.15) is 0 Å². The SMILES string of the molecule is [O-2].[O-2].[OH-].[V]. The number of rotatable bonds is 0. The van der Waals surface area contributed by atoms with Gasteiger partial charge >= 0.3 is 0 Å². The van der Waals surface area contributed by atoms with Gasteiger partial charge < -0.3 is 16.4 Å². The van der Waals surface area contributed by atoms with Crippen molar-refractivity contribution in [2.24, 2.45) is 0 Å². The summed E-state index contributed by atoms with van der Waals surface area (Å²) in [5.74, 6) is 0. The Kier molecular flexibility index (Phi) is 6060. The van der Waals surface area contributed by atoms with Gasteiger partial charge in [0.05, 0.1) is 0 Å². The van der Waals surface area contributed by atoms with Gasteiger partial charge in [0, 0.05) is 18.6 Å². The topological polar surface area (TPSA) is 87.0 Å². The fourth-order valence-corrected chi connectivity index (χ4v) is 0. The predicted molar refractivity (Wildman–Crippen MR) is 3.31 cm³/mol. The smallest absolute Gasteiger partial charge is 0 e. The van der Waals surface area contributed by atoms with Crippen molar-refractivity contribution in [3.05, 3.63) is 0 Å². The largest absolute Gasteiger partial charge is 2.00 e. The van der Waals surface area contributed by atoms with Gasteiger partial charge in [-0.3, -0.25) is 0 Å². The fourth-order valence-electron chi connectivity index (χ4n) is 0. The molecule has 4 heavy (non-hydrogen) atoms. The van der Waals surface area contributed by atoms with E-state index in [1.807, 2.05) is 0 Å². The zero-order valence-electron chi connectivity index (χ0n) is 1.71. The van der Waals surface area contributed by atoms with Crippen molar-refractivity contribution in [2.75, 3.05) is 0 Å². The van der Waals surface area contributed by atoms with E-state index in [0.717, 1.165) is 0 Å². The van der Waals surface area contributed by atoms with Gasteiger partial charge in [0.2, 0.25) is 0 Å². The van der Waals surface area contributed by atoms with Gasteiger partial charge in [-0.15, -0.1) is 0 Å². The van der Waals surface area contributed by atoms with Gasteiger partial charge in [-0.25, -0.2) is 0 Å². The third kappa shape index (κ3) is 24.5. The molecule has 1 radical (unpaired) electrons. The normalized spacial score (nSPS) is 0.